The molecule has 0 spiro atoms. The Hall–Kier alpha value is -0.880. The molecule has 1 amide bonds. The van der Waals surface area contributed by atoms with Gasteiger partial charge in [-0.3, -0.25) is 9.11 Å². The number of carbonyl (C=O) groups is 1. The number of amides is 1. The predicted octanol–water partition coefficient (Wildman–Crippen LogP) is 2.14. The third kappa shape index (κ3) is 2.69. The molecule has 2 rings (SSSR count). The quantitative estimate of drug-likeness (QED) is 0.802. The highest BCUT2D eigenvalue weighted by Crippen LogP contribution is 2.23. The van der Waals surface area contributed by atoms with Crippen LogP contribution in [0.2, 0.25) is 0 Å². The summed E-state index contributed by atoms with van der Waals surface area (Å²) >= 11 is 3.29. The van der Waals surface area contributed by atoms with Crippen LogP contribution >= 0.6 is 15.9 Å². The molecule has 1 saturated heterocycles. The van der Waals surface area contributed by atoms with Crippen LogP contribution in [-0.4, -0.2) is 34.5 Å². The van der Waals surface area contributed by atoms with Gasteiger partial charge in [-0.05, 0) is 24.3 Å². The SMILES string of the molecule is CS(=O)c1ccc(N2CC(CBr)OC2=O)cc1. The Bertz CT molecular complexity index is 449. The van der Waals surface area contributed by atoms with Crippen molar-refractivity contribution in [3.8, 4) is 0 Å². The van der Waals surface area contributed by atoms with Gasteiger partial charge in [0.05, 0.1) is 6.54 Å². The van der Waals surface area contributed by atoms with Crippen LogP contribution in [0.15, 0.2) is 29.2 Å². The van der Waals surface area contributed by atoms with Gasteiger partial charge in [0, 0.05) is 33.0 Å². The van der Waals surface area contributed by atoms with Crippen LogP contribution in [0.3, 0.4) is 0 Å². The van der Waals surface area contributed by atoms with E-state index in [4.69, 9.17) is 4.74 Å². The Morgan fingerprint density at radius 3 is 2.59 bits per heavy atom. The molecule has 0 aromatic heterocycles. The fourth-order valence-corrected chi connectivity index (χ4v) is 2.49. The lowest BCUT2D eigenvalue weighted by Gasteiger charge is -2.12. The van der Waals surface area contributed by atoms with Crippen molar-refractivity contribution in [2.75, 3.05) is 23.0 Å². The molecule has 0 saturated carbocycles. The molecule has 4 nitrogen and oxygen atoms in total. The summed E-state index contributed by atoms with van der Waals surface area (Å²) in [7, 11) is -0.998. The minimum Gasteiger partial charge on any atom is -0.443 e. The summed E-state index contributed by atoms with van der Waals surface area (Å²) in [6.45, 7) is 0.540. The Balaban J connectivity index is 2.18. The van der Waals surface area contributed by atoms with Crippen molar-refractivity contribution in [1.82, 2.24) is 0 Å². The minimum atomic E-state index is -0.998. The molecule has 0 radical (unpaired) electrons. The van der Waals surface area contributed by atoms with E-state index in [1.165, 1.54) is 0 Å². The lowest BCUT2D eigenvalue weighted by atomic mass is 10.3. The summed E-state index contributed by atoms with van der Waals surface area (Å²) in [5.41, 5.74) is 0.771. The number of ether oxygens (including phenoxy) is 1. The topological polar surface area (TPSA) is 46.6 Å². The molecule has 2 unspecified atom stereocenters. The summed E-state index contributed by atoms with van der Waals surface area (Å²) < 4.78 is 16.4. The van der Waals surface area contributed by atoms with E-state index >= 15 is 0 Å². The zero-order valence-electron chi connectivity index (χ0n) is 9.26. The number of anilines is 1. The highest BCUT2D eigenvalue weighted by atomic mass is 79.9. The van der Waals surface area contributed by atoms with E-state index in [-0.39, 0.29) is 12.2 Å². The minimum absolute atomic E-state index is 0.109. The summed E-state index contributed by atoms with van der Waals surface area (Å²) in [6.07, 6.45) is 1.18. The Labute approximate surface area is 111 Å². The van der Waals surface area contributed by atoms with E-state index in [1.54, 1.807) is 35.4 Å². The van der Waals surface area contributed by atoms with Gasteiger partial charge in [-0.1, -0.05) is 15.9 Å². The molecule has 1 aromatic carbocycles. The van der Waals surface area contributed by atoms with Gasteiger partial charge in [-0.15, -0.1) is 0 Å². The van der Waals surface area contributed by atoms with Gasteiger partial charge in [-0.2, -0.15) is 0 Å². The molecule has 0 N–H and O–H groups in total. The van der Waals surface area contributed by atoms with Gasteiger partial charge in [0.15, 0.2) is 0 Å². The standard InChI is InChI=1S/C11H12BrNO3S/c1-17(15)10-4-2-8(3-5-10)13-7-9(6-12)16-11(13)14/h2-5,9H,6-7H2,1H3. The second-order valence-electron chi connectivity index (χ2n) is 3.72. The maximum absolute atomic E-state index is 11.6. The molecule has 1 aliphatic rings. The van der Waals surface area contributed by atoms with Crippen molar-refractivity contribution in [2.24, 2.45) is 0 Å². The lowest BCUT2D eigenvalue weighted by molar-refractivity contribution is 0.152. The average molecular weight is 318 g/mol. The van der Waals surface area contributed by atoms with Crippen LogP contribution in [-0.2, 0) is 15.5 Å². The molecule has 1 fully saturated rings. The van der Waals surface area contributed by atoms with Crippen LogP contribution in [0, 0.1) is 0 Å². The molecule has 0 bridgehead atoms. The fraction of sp³-hybridized carbons (Fsp3) is 0.364. The van der Waals surface area contributed by atoms with Crippen molar-refractivity contribution in [2.45, 2.75) is 11.0 Å². The third-order valence-corrected chi connectivity index (χ3v) is 4.18. The molecule has 1 aliphatic heterocycles. The average Bonchev–Trinajstić information content (AvgIpc) is 2.71. The Morgan fingerprint density at radius 1 is 1.47 bits per heavy atom. The van der Waals surface area contributed by atoms with Crippen LogP contribution in [0.25, 0.3) is 0 Å². The molecule has 2 atom stereocenters. The highest BCUT2D eigenvalue weighted by Gasteiger charge is 2.31. The maximum atomic E-state index is 11.6. The first-order valence-electron chi connectivity index (χ1n) is 5.09. The van der Waals surface area contributed by atoms with E-state index in [1.807, 2.05) is 0 Å². The van der Waals surface area contributed by atoms with Gasteiger partial charge in [0.1, 0.15) is 6.10 Å². The van der Waals surface area contributed by atoms with Gasteiger partial charge in [0.2, 0.25) is 0 Å². The molecule has 92 valence electrons. The highest BCUT2D eigenvalue weighted by molar-refractivity contribution is 9.09. The smallest absolute Gasteiger partial charge is 0.414 e. The number of cyclic esters (lactones) is 1. The van der Waals surface area contributed by atoms with Crippen LogP contribution in [0.4, 0.5) is 10.5 Å². The summed E-state index contributed by atoms with van der Waals surface area (Å²) in [5.74, 6) is 0. The second kappa shape index (κ2) is 5.18. The molecule has 1 heterocycles. The van der Waals surface area contributed by atoms with Crippen LogP contribution in [0.5, 0.6) is 0 Å². The normalized spacial score (nSPS) is 21.4. The number of carbonyl (C=O) groups excluding carboxylic acids is 1. The summed E-state index contributed by atoms with van der Waals surface area (Å²) in [6, 6.07) is 7.10. The van der Waals surface area contributed by atoms with Gasteiger partial charge in [-0.25, -0.2) is 4.79 Å². The van der Waals surface area contributed by atoms with Crippen molar-refractivity contribution < 1.29 is 13.7 Å². The molecule has 6 heteroatoms. The molecule has 17 heavy (non-hydrogen) atoms. The zero-order chi connectivity index (χ0) is 12.4. The van der Waals surface area contributed by atoms with E-state index < -0.39 is 10.8 Å². The van der Waals surface area contributed by atoms with Crippen molar-refractivity contribution in [1.29, 1.82) is 0 Å². The molecular formula is C11H12BrNO3S. The predicted molar refractivity (Wildman–Crippen MR) is 70.2 cm³/mol. The van der Waals surface area contributed by atoms with Gasteiger partial charge < -0.3 is 4.74 Å². The van der Waals surface area contributed by atoms with Crippen molar-refractivity contribution in [3.63, 3.8) is 0 Å². The summed E-state index contributed by atoms with van der Waals surface area (Å²) in [4.78, 5) is 13.9. The first-order valence-corrected chi connectivity index (χ1v) is 7.77. The molecular weight excluding hydrogens is 306 g/mol. The van der Waals surface area contributed by atoms with Gasteiger partial charge in [0.25, 0.3) is 0 Å². The van der Waals surface area contributed by atoms with Crippen molar-refractivity contribution in [3.05, 3.63) is 24.3 Å². The fourth-order valence-electron chi connectivity index (χ4n) is 1.63. The largest absolute Gasteiger partial charge is 0.443 e. The number of benzene rings is 1. The third-order valence-electron chi connectivity index (χ3n) is 2.53. The Morgan fingerprint density at radius 2 is 2.12 bits per heavy atom. The number of alkyl halides is 1. The zero-order valence-corrected chi connectivity index (χ0v) is 11.7. The first-order chi connectivity index (χ1) is 8.11. The number of hydrogen-bond acceptors (Lipinski definition) is 3. The molecule has 0 aliphatic carbocycles. The Kier molecular flexibility index (Phi) is 3.83. The first kappa shape index (κ1) is 12.6. The van der Waals surface area contributed by atoms with Crippen molar-refractivity contribution >= 4 is 38.5 Å². The summed E-state index contributed by atoms with van der Waals surface area (Å²) in [5, 5.41) is 0.631. The number of halogens is 1. The van der Waals surface area contributed by atoms with E-state index in [0.717, 1.165) is 10.6 Å². The number of rotatable bonds is 3. The van der Waals surface area contributed by atoms with E-state index in [2.05, 4.69) is 15.9 Å². The molecule has 1 aromatic rings. The monoisotopic (exact) mass is 317 g/mol. The number of nitrogens with zero attached hydrogens (tertiary/aromatic N) is 1. The van der Waals surface area contributed by atoms with Crippen LogP contribution in [0.1, 0.15) is 0 Å². The lowest BCUT2D eigenvalue weighted by Crippen LogP contribution is -2.24. The second-order valence-corrected chi connectivity index (χ2v) is 5.75. The number of hydrogen-bond donors (Lipinski definition) is 0. The van der Waals surface area contributed by atoms with E-state index in [0.29, 0.717) is 11.9 Å². The van der Waals surface area contributed by atoms with E-state index in [9.17, 15) is 9.00 Å². The maximum Gasteiger partial charge on any atom is 0.414 e. The van der Waals surface area contributed by atoms with Crippen LogP contribution < -0.4 is 4.90 Å². The van der Waals surface area contributed by atoms with Gasteiger partial charge >= 0.3 is 6.09 Å².